The lowest BCUT2D eigenvalue weighted by Gasteiger charge is -2.05. The second kappa shape index (κ2) is 9.78. The Bertz CT molecular complexity index is 1400. The number of carbonyl (C=O) groups is 1. The van der Waals surface area contributed by atoms with Gasteiger partial charge in [0, 0.05) is 27.8 Å². The Morgan fingerprint density at radius 3 is 2.64 bits per heavy atom. The van der Waals surface area contributed by atoms with Crippen LogP contribution < -0.4 is 5.32 Å². The number of fused-ring (bicyclic) bond motifs is 1. The van der Waals surface area contributed by atoms with E-state index < -0.39 is 0 Å². The van der Waals surface area contributed by atoms with Gasteiger partial charge in [0.1, 0.15) is 27.0 Å². The van der Waals surface area contributed by atoms with E-state index in [1.165, 1.54) is 23.5 Å². The molecule has 0 aliphatic rings. The smallest absolute Gasteiger partial charge is 0.231 e. The zero-order valence-electron chi connectivity index (χ0n) is 17.2. The predicted octanol–water partition coefficient (Wildman–Crippen LogP) is 6.43. The zero-order chi connectivity index (χ0) is 22.6. The summed E-state index contributed by atoms with van der Waals surface area (Å²) in [6.45, 7) is 0. The van der Waals surface area contributed by atoms with Gasteiger partial charge in [-0.25, -0.2) is 19.3 Å². The summed E-state index contributed by atoms with van der Waals surface area (Å²) in [6.07, 6.45) is 1.80. The molecule has 0 radical (unpaired) electrons. The fraction of sp³-hybridized carbons (Fsp3) is 0.0833. The number of thiazole rings is 1. The average molecular weight is 493 g/mol. The van der Waals surface area contributed by atoms with Crippen LogP contribution in [0.2, 0.25) is 0 Å². The molecule has 33 heavy (non-hydrogen) atoms. The van der Waals surface area contributed by atoms with E-state index in [0.29, 0.717) is 5.75 Å². The van der Waals surface area contributed by atoms with Gasteiger partial charge in [-0.05, 0) is 29.8 Å². The van der Waals surface area contributed by atoms with E-state index >= 15 is 0 Å². The standard InChI is InChI=1S/C24H17FN4OS3/c25-16-8-6-15(7-9-16)19-13-33-24-22(19)23(26-14-27-24)32-12-18-11-31-21(29-18)10-20(30)28-17-4-2-1-3-5-17/h1-9,11,13-14H,10,12H2,(H,28,30). The normalized spacial score (nSPS) is 11.1. The lowest BCUT2D eigenvalue weighted by atomic mass is 10.1. The maximum atomic E-state index is 13.4. The van der Waals surface area contributed by atoms with Gasteiger partial charge in [-0.2, -0.15) is 0 Å². The van der Waals surface area contributed by atoms with Gasteiger partial charge in [0.15, 0.2) is 0 Å². The molecular weight excluding hydrogens is 475 g/mol. The van der Waals surface area contributed by atoms with Crippen molar-refractivity contribution in [2.24, 2.45) is 0 Å². The highest BCUT2D eigenvalue weighted by Crippen LogP contribution is 2.38. The number of hydrogen-bond acceptors (Lipinski definition) is 7. The summed E-state index contributed by atoms with van der Waals surface area (Å²) in [6, 6.07) is 15.8. The van der Waals surface area contributed by atoms with Crippen LogP contribution in [-0.2, 0) is 17.0 Å². The Balaban J connectivity index is 1.29. The minimum absolute atomic E-state index is 0.0884. The Hall–Kier alpha value is -3.14. The Morgan fingerprint density at radius 1 is 1.00 bits per heavy atom. The van der Waals surface area contributed by atoms with E-state index in [9.17, 15) is 9.18 Å². The first-order valence-electron chi connectivity index (χ1n) is 10.0. The molecule has 0 saturated heterocycles. The number of anilines is 1. The molecule has 3 aromatic heterocycles. The number of rotatable bonds is 7. The minimum Gasteiger partial charge on any atom is -0.326 e. The molecule has 0 fully saturated rings. The molecule has 1 N–H and O–H groups in total. The molecule has 5 nitrogen and oxygen atoms in total. The topological polar surface area (TPSA) is 67.8 Å². The van der Waals surface area contributed by atoms with Crippen molar-refractivity contribution in [1.82, 2.24) is 15.0 Å². The van der Waals surface area contributed by atoms with E-state index in [4.69, 9.17) is 0 Å². The summed E-state index contributed by atoms with van der Waals surface area (Å²) >= 11 is 4.60. The van der Waals surface area contributed by atoms with Gasteiger partial charge in [-0.15, -0.1) is 22.7 Å². The van der Waals surface area contributed by atoms with Crippen LogP contribution in [0.1, 0.15) is 10.7 Å². The average Bonchev–Trinajstić information content (AvgIpc) is 3.46. The van der Waals surface area contributed by atoms with Gasteiger partial charge < -0.3 is 5.32 Å². The summed E-state index contributed by atoms with van der Waals surface area (Å²) < 4.78 is 13.4. The van der Waals surface area contributed by atoms with Gasteiger partial charge in [0.05, 0.1) is 17.5 Å². The van der Waals surface area contributed by atoms with Crippen molar-refractivity contribution in [2.45, 2.75) is 17.2 Å². The molecular formula is C24H17FN4OS3. The first kappa shape index (κ1) is 21.7. The predicted molar refractivity (Wildman–Crippen MR) is 133 cm³/mol. The highest BCUT2D eigenvalue weighted by molar-refractivity contribution is 7.98. The second-order valence-corrected chi connectivity index (χ2v) is 9.89. The van der Waals surface area contributed by atoms with Crippen molar-refractivity contribution in [3.63, 3.8) is 0 Å². The number of halogens is 1. The van der Waals surface area contributed by atoms with Crippen LogP contribution in [0.25, 0.3) is 21.3 Å². The van der Waals surface area contributed by atoms with Crippen LogP contribution in [0.3, 0.4) is 0 Å². The maximum Gasteiger partial charge on any atom is 0.231 e. The maximum absolute atomic E-state index is 13.4. The van der Waals surface area contributed by atoms with Crippen LogP contribution in [0.4, 0.5) is 10.1 Å². The largest absolute Gasteiger partial charge is 0.326 e. The number of benzene rings is 2. The molecule has 0 bridgehead atoms. The number of amides is 1. The van der Waals surface area contributed by atoms with E-state index in [2.05, 4.69) is 20.3 Å². The Kier molecular flexibility index (Phi) is 6.43. The molecule has 0 unspecified atom stereocenters. The van der Waals surface area contributed by atoms with Crippen molar-refractivity contribution in [3.8, 4) is 11.1 Å². The first-order chi connectivity index (χ1) is 16.2. The van der Waals surface area contributed by atoms with Crippen molar-refractivity contribution in [3.05, 3.63) is 88.2 Å². The number of carbonyl (C=O) groups excluding carboxylic acids is 1. The number of para-hydroxylation sites is 1. The van der Waals surface area contributed by atoms with Gasteiger partial charge >= 0.3 is 0 Å². The second-order valence-electron chi connectivity index (χ2n) is 7.13. The summed E-state index contributed by atoms with van der Waals surface area (Å²) in [5.74, 6) is 0.275. The molecule has 1 amide bonds. The third-order valence-corrected chi connectivity index (χ3v) is 7.62. The molecule has 0 spiro atoms. The van der Waals surface area contributed by atoms with Crippen molar-refractivity contribution >= 4 is 56.2 Å². The van der Waals surface area contributed by atoms with E-state index in [1.807, 2.05) is 41.1 Å². The fourth-order valence-corrected chi connectivity index (χ4v) is 6.09. The SMILES string of the molecule is O=C(Cc1nc(CSc2ncnc3scc(-c4ccc(F)cc4)c23)cs1)Nc1ccccc1. The number of aromatic nitrogens is 3. The lowest BCUT2D eigenvalue weighted by Crippen LogP contribution is -2.14. The monoisotopic (exact) mass is 492 g/mol. The zero-order valence-corrected chi connectivity index (χ0v) is 19.6. The number of thioether (sulfide) groups is 1. The van der Waals surface area contributed by atoms with Crippen molar-refractivity contribution < 1.29 is 9.18 Å². The molecule has 0 aliphatic carbocycles. The van der Waals surface area contributed by atoms with Gasteiger partial charge in [0.2, 0.25) is 5.91 Å². The number of hydrogen-bond donors (Lipinski definition) is 1. The van der Waals surface area contributed by atoms with Gasteiger partial charge in [-0.1, -0.05) is 42.1 Å². The third kappa shape index (κ3) is 5.11. The molecule has 5 aromatic rings. The molecule has 9 heteroatoms. The molecule has 2 aromatic carbocycles. The van der Waals surface area contributed by atoms with Gasteiger partial charge in [-0.3, -0.25) is 4.79 Å². The minimum atomic E-state index is -0.263. The van der Waals surface area contributed by atoms with E-state index in [0.717, 1.165) is 42.8 Å². The summed E-state index contributed by atoms with van der Waals surface area (Å²) in [4.78, 5) is 26.7. The number of nitrogens with one attached hydrogen (secondary N) is 1. The molecule has 5 rings (SSSR count). The quantitative estimate of drug-likeness (QED) is 0.210. The highest BCUT2D eigenvalue weighted by atomic mass is 32.2. The number of thiophene rings is 1. The molecule has 0 saturated carbocycles. The molecule has 0 atom stereocenters. The highest BCUT2D eigenvalue weighted by Gasteiger charge is 2.15. The first-order valence-corrected chi connectivity index (χ1v) is 12.8. The molecule has 0 aliphatic heterocycles. The van der Waals surface area contributed by atoms with Crippen molar-refractivity contribution in [1.29, 1.82) is 0 Å². The van der Waals surface area contributed by atoms with Crippen LogP contribution in [0.5, 0.6) is 0 Å². The summed E-state index contributed by atoms with van der Waals surface area (Å²) in [5, 5.41) is 9.49. The molecule has 3 heterocycles. The summed E-state index contributed by atoms with van der Waals surface area (Å²) in [7, 11) is 0. The van der Waals surface area contributed by atoms with Crippen molar-refractivity contribution in [2.75, 3.05) is 5.32 Å². The lowest BCUT2D eigenvalue weighted by molar-refractivity contribution is -0.115. The van der Waals surface area contributed by atoms with Crippen LogP contribution >= 0.6 is 34.4 Å². The van der Waals surface area contributed by atoms with E-state index in [1.54, 1.807) is 41.6 Å². The van der Waals surface area contributed by atoms with E-state index in [-0.39, 0.29) is 18.1 Å². The Labute approximate surface area is 201 Å². The van der Waals surface area contributed by atoms with Gasteiger partial charge in [0.25, 0.3) is 0 Å². The van der Waals surface area contributed by atoms with Crippen LogP contribution in [0.15, 0.2) is 76.7 Å². The van der Waals surface area contributed by atoms with Crippen LogP contribution in [-0.4, -0.2) is 20.9 Å². The Morgan fingerprint density at radius 2 is 1.82 bits per heavy atom. The number of nitrogens with zero attached hydrogens (tertiary/aromatic N) is 3. The van der Waals surface area contributed by atoms with Crippen LogP contribution in [0, 0.1) is 5.82 Å². The molecule has 164 valence electrons. The fourth-order valence-electron chi connectivity index (χ4n) is 3.30. The summed E-state index contributed by atoms with van der Waals surface area (Å²) in [5.41, 5.74) is 3.60. The third-order valence-electron chi connectivity index (χ3n) is 4.82.